The first kappa shape index (κ1) is 20.8. The molecule has 2 heterocycles. The number of rotatable bonds is 5. The zero-order chi connectivity index (χ0) is 22.5. The molecule has 1 amide bonds. The molecule has 8 heteroatoms. The fraction of sp³-hybridized carbons (Fsp3) is 0.292. The van der Waals surface area contributed by atoms with E-state index < -0.39 is 23.3 Å². The first-order chi connectivity index (χ1) is 15.3. The van der Waals surface area contributed by atoms with Crippen LogP contribution in [0.5, 0.6) is 5.75 Å². The predicted octanol–water partition coefficient (Wildman–Crippen LogP) is 2.83. The summed E-state index contributed by atoms with van der Waals surface area (Å²) in [6, 6.07) is 9.18. The molecule has 3 N–H and O–H groups in total. The number of aliphatic hydroxyl groups excluding tert-OH is 1. The minimum Gasteiger partial charge on any atom is -0.454 e. The van der Waals surface area contributed by atoms with E-state index in [1.165, 1.54) is 18.2 Å². The Bertz CT molecular complexity index is 1160. The van der Waals surface area contributed by atoms with Crippen LogP contribution in [0, 0.1) is 11.6 Å². The molecule has 0 aromatic heterocycles. The Hall–Kier alpha value is -3.07. The van der Waals surface area contributed by atoms with Gasteiger partial charge in [0.15, 0.2) is 11.6 Å². The van der Waals surface area contributed by atoms with E-state index in [0.717, 1.165) is 22.9 Å². The van der Waals surface area contributed by atoms with Gasteiger partial charge in [0, 0.05) is 31.7 Å². The van der Waals surface area contributed by atoms with Gasteiger partial charge in [-0.3, -0.25) is 9.69 Å². The van der Waals surface area contributed by atoms with Crippen LogP contribution in [0.1, 0.15) is 23.7 Å². The fourth-order valence-electron chi connectivity index (χ4n) is 4.47. The summed E-state index contributed by atoms with van der Waals surface area (Å²) >= 11 is 0. The van der Waals surface area contributed by atoms with Crippen molar-refractivity contribution in [3.63, 3.8) is 0 Å². The number of carbonyl (C=O) groups excluding carboxylic acids is 1. The van der Waals surface area contributed by atoms with Gasteiger partial charge in [0.2, 0.25) is 11.7 Å². The molecule has 0 unspecified atom stereocenters. The number of ether oxygens (including phenoxy) is 1. The summed E-state index contributed by atoms with van der Waals surface area (Å²) < 4.78 is 32.7. The average Bonchev–Trinajstić information content (AvgIpc) is 3.21. The van der Waals surface area contributed by atoms with Crippen LogP contribution in [-0.2, 0) is 11.2 Å². The lowest BCUT2D eigenvalue weighted by Gasteiger charge is -2.23. The number of halogens is 2. The van der Waals surface area contributed by atoms with Crippen molar-refractivity contribution >= 4 is 11.6 Å². The van der Waals surface area contributed by atoms with Gasteiger partial charge in [0.1, 0.15) is 11.4 Å². The number of anilines is 1. The highest BCUT2D eigenvalue weighted by Crippen LogP contribution is 2.37. The van der Waals surface area contributed by atoms with Gasteiger partial charge in [0.25, 0.3) is 0 Å². The minimum atomic E-state index is -1.28. The molecule has 1 saturated heterocycles. The summed E-state index contributed by atoms with van der Waals surface area (Å²) in [6.45, 7) is 0.965. The van der Waals surface area contributed by atoms with Gasteiger partial charge in [-0.25, -0.2) is 4.39 Å². The van der Waals surface area contributed by atoms with Gasteiger partial charge < -0.3 is 20.3 Å². The van der Waals surface area contributed by atoms with Crippen LogP contribution in [0.25, 0.3) is 0 Å². The molecule has 2 aromatic carbocycles. The summed E-state index contributed by atoms with van der Waals surface area (Å²) in [6.07, 6.45) is 3.41. The van der Waals surface area contributed by atoms with Crippen LogP contribution < -0.4 is 10.1 Å². The average molecular weight is 440 g/mol. The van der Waals surface area contributed by atoms with E-state index in [9.17, 15) is 23.8 Å². The number of hydrogen-bond donors (Lipinski definition) is 3. The van der Waals surface area contributed by atoms with Crippen molar-refractivity contribution in [1.82, 2.24) is 4.90 Å². The minimum absolute atomic E-state index is 0.00698. The summed E-state index contributed by atoms with van der Waals surface area (Å²) in [4.78, 5) is 13.4. The number of benzene rings is 2. The quantitative estimate of drug-likeness (QED) is 0.666. The van der Waals surface area contributed by atoms with E-state index in [-0.39, 0.29) is 24.0 Å². The third kappa shape index (κ3) is 3.81. The van der Waals surface area contributed by atoms with Crippen molar-refractivity contribution in [2.45, 2.75) is 24.5 Å². The zero-order valence-electron chi connectivity index (χ0n) is 17.1. The molecule has 3 aliphatic rings. The monoisotopic (exact) mass is 440 g/mol. The first-order valence-electron chi connectivity index (χ1n) is 10.4. The van der Waals surface area contributed by atoms with Crippen molar-refractivity contribution in [3.05, 3.63) is 82.6 Å². The SMILES string of the molecule is O=C1CCc2cc([C@@H](O)CN3CC4=CC(Oc5cccc(F)c5F)=C[C@@]4(O)C3)ccc2N1. The van der Waals surface area contributed by atoms with Crippen molar-refractivity contribution in [3.8, 4) is 5.75 Å². The zero-order valence-corrected chi connectivity index (χ0v) is 17.1. The predicted molar refractivity (Wildman–Crippen MR) is 113 cm³/mol. The van der Waals surface area contributed by atoms with Crippen LogP contribution in [0.15, 0.2) is 59.9 Å². The van der Waals surface area contributed by atoms with Crippen molar-refractivity contribution < 1.29 is 28.5 Å². The van der Waals surface area contributed by atoms with Crippen molar-refractivity contribution in [1.29, 1.82) is 0 Å². The van der Waals surface area contributed by atoms with Crippen LogP contribution in [0.4, 0.5) is 14.5 Å². The highest BCUT2D eigenvalue weighted by Gasteiger charge is 2.43. The smallest absolute Gasteiger partial charge is 0.224 e. The van der Waals surface area contributed by atoms with E-state index >= 15 is 0 Å². The second-order valence-corrected chi connectivity index (χ2v) is 8.44. The molecule has 2 aliphatic heterocycles. The number of likely N-dealkylation sites (tertiary alicyclic amines) is 1. The van der Waals surface area contributed by atoms with Crippen molar-refractivity contribution in [2.75, 3.05) is 25.0 Å². The highest BCUT2D eigenvalue weighted by molar-refractivity contribution is 5.93. The number of nitrogens with zero attached hydrogens (tertiary/aromatic N) is 1. The number of aliphatic hydroxyl groups is 2. The Balaban J connectivity index is 1.24. The number of amides is 1. The molecule has 0 bridgehead atoms. The molecule has 32 heavy (non-hydrogen) atoms. The number of β-amino-alcohol motifs (C(OH)–C–C–N with tert-alkyl or cyclic N) is 2. The van der Waals surface area contributed by atoms with Crippen LogP contribution in [0.3, 0.4) is 0 Å². The van der Waals surface area contributed by atoms with E-state index in [0.29, 0.717) is 31.5 Å². The molecule has 1 fully saturated rings. The van der Waals surface area contributed by atoms with E-state index in [1.807, 2.05) is 11.0 Å². The molecule has 0 saturated carbocycles. The number of aryl methyl sites for hydroxylation is 1. The third-order valence-electron chi connectivity index (χ3n) is 6.10. The fourth-order valence-corrected chi connectivity index (χ4v) is 4.47. The van der Waals surface area contributed by atoms with Gasteiger partial charge in [-0.05, 0) is 53.5 Å². The summed E-state index contributed by atoms with van der Waals surface area (Å²) in [5, 5.41) is 24.5. The van der Waals surface area contributed by atoms with E-state index in [2.05, 4.69) is 5.32 Å². The molecule has 2 aromatic rings. The first-order valence-corrected chi connectivity index (χ1v) is 10.4. The lowest BCUT2D eigenvalue weighted by molar-refractivity contribution is -0.116. The molecule has 6 nitrogen and oxygen atoms in total. The number of nitrogens with one attached hydrogen (secondary N) is 1. The second kappa shape index (κ2) is 7.81. The van der Waals surface area contributed by atoms with Gasteiger partial charge in [0.05, 0.1) is 6.10 Å². The highest BCUT2D eigenvalue weighted by atomic mass is 19.2. The topological polar surface area (TPSA) is 82.0 Å². The maximum absolute atomic E-state index is 13.9. The summed E-state index contributed by atoms with van der Waals surface area (Å²) in [5.41, 5.74) is 1.91. The molecular weight excluding hydrogens is 418 g/mol. The van der Waals surface area contributed by atoms with E-state index in [1.54, 1.807) is 18.2 Å². The van der Waals surface area contributed by atoms with Gasteiger partial charge in [-0.1, -0.05) is 18.2 Å². The lowest BCUT2D eigenvalue weighted by atomic mass is 9.98. The molecular formula is C24H22F2N2O4. The van der Waals surface area contributed by atoms with Crippen LogP contribution in [-0.4, -0.2) is 46.3 Å². The standard InChI is InChI=1S/C24H22F2N2O4/c25-18-2-1-3-21(23(18)26)32-17-9-16-11-28(13-24(16,31)10-17)12-20(29)15-4-6-19-14(8-15)5-7-22(30)27-19/h1-4,6,8-10,20,29,31H,5,7,11-13H2,(H,27,30)/t20-,24+/m0/s1. The lowest BCUT2D eigenvalue weighted by Crippen LogP contribution is -2.33. The van der Waals surface area contributed by atoms with Crippen LogP contribution >= 0.6 is 0 Å². The maximum atomic E-state index is 13.9. The Labute approximate surface area is 183 Å². The normalized spacial score (nSPS) is 23.2. The second-order valence-electron chi connectivity index (χ2n) is 8.44. The molecule has 1 aliphatic carbocycles. The molecule has 166 valence electrons. The van der Waals surface area contributed by atoms with E-state index in [4.69, 9.17) is 4.74 Å². The Morgan fingerprint density at radius 3 is 2.88 bits per heavy atom. The van der Waals surface area contributed by atoms with Crippen molar-refractivity contribution in [2.24, 2.45) is 0 Å². The maximum Gasteiger partial charge on any atom is 0.224 e. The number of hydrogen-bond acceptors (Lipinski definition) is 5. The Morgan fingerprint density at radius 1 is 1.22 bits per heavy atom. The number of fused-ring (bicyclic) bond motifs is 2. The largest absolute Gasteiger partial charge is 0.454 e. The Kier molecular flexibility index (Phi) is 5.08. The van der Waals surface area contributed by atoms with Gasteiger partial charge in [-0.15, -0.1) is 0 Å². The molecule has 0 radical (unpaired) electrons. The number of allylic oxidation sites excluding steroid dienone is 1. The number of carbonyl (C=O) groups is 1. The van der Waals surface area contributed by atoms with Gasteiger partial charge in [-0.2, -0.15) is 4.39 Å². The molecule has 2 atom stereocenters. The third-order valence-corrected chi connectivity index (χ3v) is 6.10. The molecule has 5 rings (SSSR count). The summed E-state index contributed by atoms with van der Waals surface area (Å²) in [5.74, 6) is -2.08. The Morgan fingerprint density at radius 2 is 2.06 bits per heavy atom. The summed E-state index contributed by atoms with van der Waals surface area (Å²) in [7, 11) is 0. The van der Waals surface area contributed by atoms with Gasteiger partial charge >= 0.3 is 0 Å². The molecule has 0 spiro atoms. The van der Waals surface area contributed by atoms with Crippen LogP contribution in [0.2, 0.25) is 0 Å².